The number of aromatic nitrogens is 2. The van der Waals surface area contributed by atoms with Crippen molar-refractivity contribution in [3.8, 4) is 11.4 Å². The highest BCUT2D eigenvalue weighted by atomic mass is 19.1. The summed E-state index contributed by atoms with van der Waals surface area (Å²) in [4.78, 5) is 28.8. The first-order chi connectivity index (χ1) is 15.0. The number of para-hydroxylation sites is 3. The largest absolute Gasteiger partial charge is 0.478 e. The molecule has 1 unspecified atom stereocenters. The van der Waals surface area contributed by atoms with Gasteiger partial charge in [0.1, 0.15) is 6.33 Å². The van der Waals surface area contributed by atoms with Crippen LogP contribution < -0.4 is 15.6 Å². The van der Waals surface area contributed by atoms with Crippen molar-refractivity contribution in [3.05, 3.63) is 90.5 Å². The fourth-order valence-corrected chi connectivity index (χ4v) is 3.01. The minimum absolute atomic E-state index is 0.0425. The van der Waals surface area contributed by atoms with Crippen LogP contribution in [0.25, 0.3) is 16.7 Å². The molecule has 0 bridgehead atoms. The van der Waals surface area contributed by atoms with Crippen LogP contribution in [0.3, 0.4) is 0 Å². The summed E-state index contributed by atoms with van der Waals surface area (Å²) >= 11 is 0. The molecule has 1 atom stereocenters. The summed E-state index contributed by atoms with van der Waals surface area (Å²) in [6.07, 6.45) is 0.714. The van der Waals surface area contributed by atoms with E-state index in [1.165, 1.54) is 25.1 Å². The lowest BCUT2D eigenvalue weighted by Crippen LogP contribution is -2.47. The number of carbonyl (C=O) groups excluding carboxylic acids is 2. The van der Waals surface area contributed by atoms with E-state index in [2.05, 4.69) is 15.8 Å². The zero-order valence-corrected chi connectivity index (χ0v) is 16.6. The standard InChI is InChI=1S/C23H19FN4O3/c1-15(31-21-9-5-2-6-18(21)24)22(29)26-27-23(30)16-10-12-17(13-11-16)28-14-25-19-7-3-4-8-20(19)28/h2-15H,1H3,(H,26,29)(H,27,30). The van der Waals surface area contributed by atoms with Crippen molar-refractivity contribution in [1.82, 2.24) is 20.4 Å². The first-order valence-electron chi connectivity index (χ1n) is 9.57. The molecule has 3 aromatic carbocycles. The lowest BCUT2D eigenvalue weighted by atomic mass is 10.2. The zero-order chi connectivity index (χ0) is 21.8. The van der Waals surface area contributed by atoms with Gasteiger partial charge < -0.3 is 4.74 Å². The molecule has 0 saturated heterocycles. The normalized spacial score (nSPS) is 11.7. The highest BCUT2D eigenvalue weighted by Gasteiger charge is 2.17. The van der Waals surface area contributed by atoms with Gasteiger partial charge >= 0.3 is 0 Å². The van der Waals surface area contributed by atoms with Gasteiger partial charge in [-0.3, -0.25) is 25.0 Å². The van der Waals surface area contributed by atoms with Gasteiger partial charge in [0.25, 0.3) is 11.8 Å². The zero-order valence-electron chi connectivity index (χ0n) is 16.6. The summed E-state index contributed by atoms with van der Waals surface area (Å²) in [5.74, 6) is -1.72. The minimum Gasteiger partial charge on any atom is -0.478 e. The molecule has 0 fully saturated rings. The van der Waals surface area contributed by atoms with E-state index in [1.807, 2.05) is 28.8 Å². The van der Waals surface area contributed by atoms with Crippen LogP contribution in [-0.2, 0) is 4.79 Å². The average molecular weight is 418 g/mol. The molecule has 4 aromatic rings. The van der Waals surface area contributed by atoms with Gasteiger partial charge in [0.05, 0.1) is 11.0 Å². The molecule has 0 aliphatic heterocycles. The Morgan fingerprint density at radius 2 is 1.68 bits per heavy atom. The molecule has 8 heteroatoms. The number of imidazole rings is 1. The van der Waals surface area contributed by atoms with Gasteiger partial charge in [-0.2, -0.15) is 0 Å². The molecule has 7 nitrogen and oxygen atoms in total. The van der Waals surface area contributed by atoms with Gasteiger partial charge in [0.2, 0.25) is 0 Å². The second-order valence-electron chi connectivity index (χ2n) is 6.78. The molecular weight excluding hydrogens is 399 g/mol. The van der Waals surface area contributed by atoms with Crippen LogP contribution >= 0.6 is 0 Å². The molecule has 0 aliphatic rings. The third-order valence-corrected chi connectivity index (χ3v) is 4.67. The summed E-state index contributed by atoms with van der Waals surface area (Å²) in [7, 11) is 0. The number of nitrogens with zero attached hydrogens (tertiary/aromatic N) is 2. The fraction of sp³-hybridized carbons (Fsp3) is 0.0870. The minimum atomic E-state index is -1.01. The van der Waals surface area contributed by atoms with Crippen LogP contribution in [0.4, 0.5) is 4.39 Å². The number of rotatable bonds is 5. The highest BCUT2D eigenvalue weighted by Crippen LogP contribution is 2.19. The molecule has 2 N–H and O–H groups in total. The maximum absolute atomic E-state index is 13.6. The Bertz CT molecular complexity index is 1240. The maximum Gasteiger partial charge on any atom is 0.279 e. The molecule has 0 radical (unpaired) electrons. The van der Waals surface area contributed by atoms with Crippen LogP contribution in [0.2, 0.25) is 0 Å². The van der Waals surface area contributed by atoms with E-state index in [0.29, 0.717) is 5.56 Å². The summed E-state index contributed by atoms with van der Waals surface area (Å²) < 4.78 is 20.8. The van der Waals surface area contributed by atoms with E-state index in [4.69, 9.17) is 4.74 Å². The van der Waals surface area contributed by atoms with Crippen molar-refractivity contribution in [2.45, 2.75) is 13.0 Å². The molecule has 2 amide bonds. The Labute approximate surface area is 177 Å². The summed E-state index contributed by atoms with van der Waals surface area (Å²) in [6.45, 7) is 1.46. The Morgan fingerprint density at radius 1 is 0.968 bits per heavy atom. The van der Waals surface area contributed by atoms with E-state index in [-0.39, 0.29) is 5.75 Å². The predicted molar refractivity (Wildman–Crippen MR) is 113 cm³/mol. The SMILES string of the molecule is CC(Oc1ccccc1F)C(=O)NNC(=O)c1ccc(-n2cnc3ccccc32)cc1. The first-order valence-corrected chi connectivity index (χ1v) is 9.57. The van der Waals surface area contributed by atoms with Gasteiger partial charge in [-0.1, -0.05) is 24.3 Å². The van der Waals surface area contributed by atoms with Gasteiger partial charge in [0.15, 0.2) is 17.7 Å². The van der Waals surface area contributed by atoms with Crippen LogP contribution in [0.5, 0.6) is 5.75 Å². The lowest BCUT2D eigenvalue weighted by Gasteiger charge is -2.15. The second-order valence-corrected chi connectivity index (χ2v) is 6.78. The smallest absolute Gasteiger partial charge is 0.279 e. The van der Waals surface area contributed by atoms with Gasteiger partial charge in [0, 0.05) is 11.3 Å². The van der Waals surface area contributed by atoms with Crippen molar-refractivity contribution >= 4 is 22.8 Å². The lowest BCUT2D eigenvalue weighted by molar-refractivity contribution is -0.128. The number of ether oxygens (including phenoxy) is 1. The quantitative estimate of drug-likeness (QED) is 0.487. The number of halogens is 1. The third kappa shape index (κ3) is 4.37. The summed E-state index contributed by atoms with van der Waals surface area (Å²) in [6, 6.07) is 20.4. The number of fused-ring (bicyclic) bond motifs is 1. The van der Waals surface area contributed by atoms with E-state index in [0.717, 1.165) is 16.7 Å². The molecule has 31 heavy (non-hydrogen) atoms. The van der Waals surface area contributed by atoms with E-state index < -0.39 is 23.7 Å². The number of amides is 2. The fourth-order valence-electron chi connectivity index (χ4n) is 3.01. The average Bonchev–Trinajstić information content (AvgIpc) is 3.23. The Kier molecular flexibility index (Phi) is 5.61. The second kappa shape index (κ2) is 8.66. The molecule has 156 valence electrons. The number of hydrazine groups is 1. The molecule has 1 heterocycles. The summed E-state index contributed by atoms with van der Waals surface area (Å²) in [5.41, 5.74) is 7.65. The number of benzene rings is 3. The van der Waals surface area contributed by atoms with Gasteiger partial charge in [-0.15, -0.1) is 0 Å². The third-order valence-electron chi connectivity index (χ3n) is 4.67. The number of hydrogen-bond donors (Lipinski definition) is 2. The van der Waals surface area contributed by atoms with Crippen molar-refractivity contribution < 1.29 is 18.7 Å². The Balaban J connectivity index is 1.36. The molecule has 1 aromatic heterocycles. The Hall–Kier alpha value is -4.20. The molecule has 0 aliphatic carbocycles. The van der Waals surface area contributed by atoms with Crippen LogP contribution in [0.15, 0.2) is 79.1 Å². The van der Waals surface area contributed by atoms with Crippen molar-refractivity contribution in [2.24, 2.45) is 0 Å². The molecule has 0 spiro atoms. The van der Waals surface area contributed by atoms with E-state index in [1.54, 1.807) is 36.7 Å². The first kappa shape index (κ1) is 20.1. The van der Waals surface area contributed by atoms with Crippen molar-refractivity contribution in [1.29, 1.82) is 0 Å². The van der Waals surface area contributed by atoms with E-state index >= 15 is 0 Å². The monoisotopic (exact) mass is 418 g/mol. The van der Waals surface area contributed by atoms with Gasteiger partial charge in [-0.25, -0.2) is 9.37 Å². The maximum atomic E-state index is 13.6. The molecule has 0 saturated carbocycles. The number of nitrogens with one attached hydrogen (secondary N) is 2. The van der Waals surface area contributed by atoms with Crippen LogP contribution in [0, 0.1) is 5.82 Å². The molecular formula is C23H19FN4O3. The Morgan fingerprint density at radius 3 is 2.45 bits per heavy atom. The van der Waals surface area contributed by atoms with E-state index in [9.17, 15) is 14.0 Å². The van der Waals surface area contributed by atoms with Crippen molar-refractivity contribution in [2.75, 3.05) is 0 Å². The predicted octanol–water partition coefficient (Wildman–Crippen LogP) is 3.39. The number of carbonyl (C=O) groups is 2. The van der Waals surface area contributed by atoms with Crippen molar-refractivity contribution in [3.63, 3.8) is 0 Å². The topological polar surface area (TPSA) is 85.3 Å². The van der Waals surface area contributed by atoms with Gasteiger partial charge in [-0.05, 0) is 55.5 Å². The van der Waals surface area contributed by atoms with Crippen LogP contribution in [0.1, 0.15) is 17.3 Å². The van der Waals surface area contributed by atoms with Crippen LogP contribution in [-0.4, -0.2) is 27.5 Å². The highest BCUT2D eigenvalue weighted by molar-refractivity contribution is 5.96. The molecule has 4 rings (SSSR count). The summed E-state index contributed by atoms with van der Waals surface area (Å²) in [5, 5.41) is 0. The number of hydrogen-bond acceptors (Lipinski definition) is 4.